The number of hydrogen-bond acceptors (Lipinski definition) is 5. The number of anilines is 3. The predicted molar refractivity (Wildman–Crippen MR) is 87.5 cm³/mol. The fourth-order valence-corrected chi connectivity index (χ4v) is 2.84. The first-order valence-electron chi connectivity index (χ1n) is 6.09. The average Bonchev–Trinajstić information content (AvgIpc) is 2.75. The molecule has 0 saturated carbocycles. The highest BCUT2D eigenvalue weighted by Gasteiger charge is 2.16. The first-order valence-corrected chi connectivity index (χ1v) is 7.70. The van der Waals surface area contributed by atoms with Crippen molar-refractivity contribution in [3.8, 4) is 0 Å². The van der Waals surface area contributed by atoms with E-state index in [1.807, 2.05) is 32.0 Å². The zero-order chi connectivity index (χ0) is 14.7. The van der Waals surface area contributed by atoms with Crippen molar-refractivity contribution in [2.75, 3.05) is 22.9 Å². The molecule has 1 amide bonds. The first-order chi connectivity index (χ1) is 9.51. The van der Waals surface area contributed by atoms with Crippen molar-refractivity contribution in [3.63, 3.8) is 0 Å². The van der Waals surface area contributed by atoms with Crippen LogP contribution in [-0.4, -0.2) is 17.4 Å². The fourth-order valence-electron chi connectivity index (χ4n) is 1.63. The number of nitrogens with two attached hydrogens (primary N) is 1. The van der Waals surface area contributed by atoms with Gasteiger partial charge in [0, 0.05) is 16.7 Å². The Morgan fingerprint density at radius 3 is 2.95 bits per heavy atom. The Kier molecular flexibility index (Phi) is 4.61. The van der Waals surface area contributed by atoms with Crippen molar-refractivity contribution >= 4 is 49.8 Å². The van der Waals surface area contributed by atoms with Crippen LogP contribution >= 0.6 is 27.3 Å². The second-order valence-corrected chi connectivity index (χ2v) is 6.09. The average molecular weight is 355 g/mol. The molecule has 0 saturated heterocycles. The van der Waals surface area contributed by atoms with Crippen LogP contribution in [0.15, 0.2) is 22.7 Å². The molecule has 0 atom stereocenters. The van der Waals surface area contributed by atoms with Crippen LogP contribution in [0, 0.1) is 6.92 Å². The van der Waals surface area contributed by atoms with Gasteiger partial charge in [0.05, 0.1) is 0 Å². The molecular weight excluding hydrogens is 340 g/mol. The monoisotopic (exact) mass is 354 g/mol. The lowest BCUT2D eigenvalue weighted by Crippen LogP contribution is -2.13. The summed E-state index contributed by atoms with van der Waals surface area (Å²) in [4.78, 5) is 16.8. The Morgan fingerprint density at radius 1 is 1.50 bits per heavy atom. The maximum Gasteiger partial charge on any atom is 0.269 e. The smallest absolute Gasteiger partial charge is 0.269 e. The molecule has 0 aliphatic rings. The van der Waals surface area contributed by atoms with Crippen molar-refractivity contribution in [3.05, 3.63) is 33.1 Å². The molecule has 1 aromatic heterocycles. The Balaban J connectivity index is 2.21. The van der Waals surface area contributed by atoms with Crippen molar-refractivity contribution in [2.45, 2.75) is 13.8 Å². The highest BCUT2D eigenvalue weighted by Crippen LogP contribution is 2.27. The number of thiazole rings is 1. The van der Waals surface area contributed by atoms with Gasteiger partial charge in [-0.3, -0.25) is 4.79 Å². The van der Waals surface area contributed by atoms with Gasteiger partial charge in [-0.25, -0.2) is 4.98 Å². The third-order valence-electron chi connectivity index (χ3n) is 2.64. The highest BCUT2D eigenvalue weighted by atomic mass is 79.9. The number of benzene rings is 1. The van der Waals surface area contributed by atoms with Crippen LogP contribution in [0.1, 0.15) is 22.2 Å². The van der Waals surface area contributed by atoms with Gasteiger partial charge in [0.25, 0.3) is 5.91 Å². The van der Waals surface area contributed by atoms with E-state index < -0.39 is 0 Å². The third-order valence-corrected chi connectivity index (χ3v) is 4.16. The first kappa shape index (κ1) is 14.8. The Morgan fingerprint density at radius 2 is 2.25 bits per heavy atom. The van der Waals surface area contributed by atoms with Crippen molar-refractivity contribution in [1.82, 2.24) is 4.98 Å². The molecule has 0 bridgehead atoms. The summed E-state index contributed by atoms with van der Waals surface area (Å²) in [6, 6.07) is 5.71. The number of amides is 1. The van der Waals surface area contributed by atoms with Crippen molar-refractivity contribution in [1.29, 1.82) is 0 Å². The van der Waals surface area contributed by atoms with Crippen molar-refractivity contribution in [2.24, 2.45) is 0 Å². The highest BCUT2D eigenvalue weighted by molar-refractivity contribution is 9.10. The van der Waals surface area contributed by atoms with E-state index in [0.29, 0.717) is 10.0 Å². The predicted octanol–water partition coefficient (Wildman–Crippen LogP) is 3.48. The van der Waals surface area contributed by atoms with Gasteiger partial charge in [0.1, 0.15) is 10.7 Å². The summed E-state index contributed by atoms with van der Waals surface area (Å²) in [7, 11) is 0. The second-order valence-electron chi connectivity index (χ2n) is 4.18. The Hall–Kier alpha value is -1.60. The van der Waals surface area contributed by atoms with Crippen LogP contribution in [0.3, 0.4) is 0 Å². The molecule has 0 spiro atoms. The number of rotatable bonds is 4. The van der Waals surface area contributed by atoms with Gasteiger partial charge in [0.2, 0.25) is 0 Å². The number of nitrogens with one attached hydrogen (secondary N) is 2. The number of aryl methyl sites for hydroxylation is 1. The molecule has 20 heavy (non-hydrogen) atoms. The summed E-state index contributed by atoms with van der Waals surface area (Å²) in [5.41, 5.74) is 7.52. The maximum absolute atomic E-state index is 12.3. The van der Waals surface area contributed by atoms with Gasteiger partial charge in [0.15, 0.2) is 5.13 Å². The largest absolute Gasteiger partial charge is 0.382 e. The van der Waals surface area contributed by atoms with Gasteiger partial charge in [-0.2, -0.15) is 0 Å². The molecule has 106 valence electrons. The molecule has 0 fully saturated rings. The molecule has 0 aliphatic carbocycles. The Labute approximate surface area is 129 Å². The second kappa shape index (κ2) is 6.23. The quantitative estimate of drug-likeness (QED) is 0.785. The SMILES string of the molecule is CCNc1nc(N)c(C(=O)Nc2cc(Br)ccc2C)s1. The van der Waals surface area contributed by atoms with E-state index in [-0.39, 0.29) is 11.7 Å². The molecule has 7 heteroatoms. The van der Waals surface area contributed by atoms with Gasteiger partial charge < -0.3 is 16.4 Å². The fraction of sp³-hybridized carbons (Fsp3) is 0.231. The third kappa shape index (κ3) is 3.29. The van der Waals surface area contributed by atoms with E-state index in [9.17, 15) is 4.79 Å². The van der Waals surface area contributed by atoms with Gasteiger partial charge in [-0.05, 0) is 31.5 Å². The number of nitrogens with zero attached hydrogens (tertiary/aromatic N) is 1. The standard InChI is InChI=1S/C13H15BrN4OS/c1-3-16-13-18-11(15)10(20-13)12(19)17-9-6-8(14)5-4-7(9)2/h4-6H,3,15H2,1-2H3,(H,16,18)(H,17,19). The molecule has 2 rings (SSSR count). The van der Waals surface area contributed by atoms with Crippen LogP contribution < -0.4 is 16.4 Å². The lowest BCUT2D eigenvalue weighted by molar-refractivity contribution is 0.103. The summed E-state index contributed by atoms with van der Waals surface area (Å²) in [5, 5.41) is 6.56. The minimum absolute atomic E-state index is 0.245. The summed E-state index contributed by atoms with van der Waals surface area (Å²) < 4.78 is 0.906. The normalized spacial score (nSPS) is 10.3. The molecule has 0 aliphatic heterocycles. The van der Waals surface area contributed by atoms with Gasteiger partial charge in [-0.1, -0.05) is 33.3 Å². The topological polar surface area (TPSA) is 80.0 Å². The van der Waals surface area contributed by atoms with E-state index in [4.69, 9.17) is 5.73 Å². The van der Waals surface area contributed by atoms with E-state index in [2.05, 4.69) is 31.5 Å². The van der Waals surface area contributed by atoms with Crippen molar-refractivity contribution < 1.29 is 4.79 Å². The van der Waals surface area contributed by atoms with E-state index in [1.165, 1.54) is 11.3 Å². The van der Waals surface area contributed by atoms with Crippen LogP contribution in [0.4, 0.5) is 16.6 Å². The molecule has 1 heterocycles. The zero-order valence-corrected chi connectivity index (χ0v) is 13.6. The van der Waals surface area contributed by atoms with E-state index in [1.54, 1.807) is 0 Å². The molecule has 0 radical (unpaired) electrons. The number of halogens is 1. The number of aromatic nitrogens is 1. The minimum atomic E-state index is -0.245. The summed E-state index contributed by atoms with van der Waals surface area (Å²) in [6.45, 7) is 4.63. The minimum Gasteiger partial charge on any atom is -0.382 e. The molecule has 0 unspecified atom stereocenters. The van der Waals surface area contributed by atoms with E-state index in [0.717, 1.165) is 22.3 Å². The molecule has 4 N–H and O–H groups in total. The van der Waals surface area contributed by atoms with Gasteiger partial charge in [-0.15, -0.1) is 0 Å². The molecule has 1 aromatic carbocycles. The number of carbonyl (C=O) groups excluding carboxylic acids is 1. The molecule has 5 nitrogen and oxygen atoms in total. The van der Waals surface area contributed by atoms with Crippen LogP contribution in [0.2, 0.25) is 0 Å². The van der Waals surface area contributed by atoms with E-state index >= 15 is 0 Å². The lowest BCUT2D eigenvalue weighted by atomic mass is 10.2. The number of hydrogen-bond donors (Lipinski definition) is 3. The van der Waals surface area contributed by atoms with Crippen LogP contribution in [-0.2, 0) is 0 Å². The van der Waals surface area contributed by atoms with Crippen LogP contribution in [0.5, 0.6) is 0 Å². The lowest BCUT2D eigenvalue weighted by Gasteiger charge is -2.07. The maximum atomic E-state index is 12.3. The number of nitrogen functional groups attached to an aromatic ring is 1. The zero-order valence-electron chi connectivity index (χ0n) is 11.2. The summed E-state index contributed by atoms with van der Waals surface area (Å²) >= 11 is 4.64. The number of carbonyl (C=O) groups is 1. The molecule has 2 aromatic rings. The molecular formula is C13H15BrN4OS. The van der Waals surface area contributed by atoms with Gasteiger partial charge >= 0.3 is 0 Å². The Bertz CT molecular complexity index is 641. The van der Waals surface area contributed by atoms with Crippen LogP contribution in [0.25, 0.3) is 0 Å². The summed E-state index contributed by atoms with van der Waals surface area (Å²) in [6.07, 6.45) is 0. The summed E-state index contributed by atoms with van der Waals surface area (Å²) in [5.74, 6) is 0.00135.